The van der Waals surface area contributed by atoms with Crippen LogP contribution in [0, 0.1) is 17.8 Å². The number of anilines is 1. The summed E-state index contributed by atoms with van der Waals surface area (Å²) in [6.07, 6.45) is 4.18. The molecule has 5 rings (SSSR count). The summed E-state index contributed by atoms with van der Waals surface area (Å²) >= 11 is 9.51. The van der Waals surface area contributed by atoms with E-state index in [0.717, 1.165) is 41.1 Å². The number of carboxylic acid groups (broad SMARTS) is 1. The number of aliphatic carboxylic acids is 1. The molecule has 0 amide bonds. The van der Waals surface area contributed by atoms with Gasteiger partial charge in [0.2, 0.25) is 5.28 Å². The van der Waals surface area contributed by atoms with Gasteiger partial charge in [-0.3, -0.25) is 4.79 Å². The first-order valence-corrected chi connectivity index (χ1v) is 9.32. The van der Waals surface area contributed by atoms with Crippen LogP contribution in [0.4, 0.5) is 5.82 Å². The molecule has 1 aromatic heterocycles. The Balaban J connectivity index is 1.74. The summed E-state index contributed by atoms with van der Waals surface area (Å²) in [4.78, 5) is 20.4. The molecule has 2 N–H and O–H groups in total. The summed E-state index contributed by atoms with van der Waals surface area (Å²) < 4.78 is 0.913. The van der Waals surface area contributed by atoms with E-state index in [1.165, 1.54) is 0 Å². The first-order valence-electron chi connectivity index (χ1n) is 8.15. The lowest BCUT2D eigenvalue weighted by molar-refractivity contribution is -0.148. The van der Waals surface area contributed by atoms with Crippen molar-refractivity contribution in [2.45, 2.75) is 31.7 Å². The maximum absolute atomic E-state index is 11.8. The number of aromatic nitrogens is 2. The molecule has 5 nitrogen and oxygen atoms in total. The minimum absolute atomic E-state index is 0.104. The smallest absolute Gasteiger partial charge is 0.308 e. The van der Waals surface area contributed by atoms with E-state index >= 15 is 0 Å². The Kier molecular flexibility index (Phi) is 4.12. The van der Waals surface area contributed by atoms with Gasteiger partial charge in [0.05, 0.1) is 11.4 Å². The van der Waals surface area contributed by atoms with Crippen LogP contribution in [0.2, 0.25) is 5.28 Å². The minimum atomic E-state index is -0.714. The van der Waals surface area contributed by atoms with Crippen LogP contribution in [-0.2, 0) is 4.79 Å². The third-order valence-electron chi connectivity index (χ3n) is 5.44. The van der Waals surface area contributed by atoms with E-state index in [1.54, 1.807) is 0 Å². The van der Waals surface area contributed by atoms with Gasteiger partial charge in [0.25, 0.3) is 0 Å². The van der Waals surface area contributed by atoms with Gasteiger partial charge in [0, 0.05) is 15.9 Å². The van der Waals surface area contributed by atoms with Crippen molar-refractivity contribution in [2.75, 3.05) is 5.32 Å². The number of nitrogens with zero attached hydrogens (tertiary/aromatic N) is 2. The largest absolute Gasteiger partial charge is 0.481 e. The minimum Gasteiger partial charge on any atom is -0.481 e. The van der Waals surface area contributed by atoms with Crippen LogP contribution >= 0.6 is 27.5 Å². The van der Waals surface area contributed by atoms with E-state index in [4.69, 9.17) is 11.6 Å². The van der Waals surface area contributed by atoms with E-state index in [0.29, 0.717) is 11.7 Å². The Hall–Kier alpha value is -1.40. The van der Waals surface area contributed by atoms with Gasteiger partial charge in [-0.2, -0.15) is 0 Å². The van der Waals surface area contributed by atoms with Gasteiger partial charge in [-0.15, -0.1) is 0 Å². The van der Waals surface area contributed by atoms with Crippen molar-refractivity contribution in [3.05, 3.63) is 28.0 Å². The van der Waals surface area contributed by atoms with E-state index in [2.05, 4.69) is 31.2 Å². The Morgan fingerprint density at radius 1 is 1.21 bits per heavy atom. The molecule has 2 bridgehead atoms. The Morgan fingerprint density at radius 2 is 1.92 bits per heavy atom. The maximum atomic E-state index is 11.8. The zero-order valence-corrected chi connectivity index (χ0v) is 15.2. The summed E-state index contributed by atoms with van der Waals surface area (Å²) in [5, 5.41) is 14.1. The van der Waals surface area contributed by atoms with Crippen LogP contribution in [0.3, 0.4) is 0 Å². The van der Waals surface area contributed by atoms with Crippen LogP contribution in [0.25, 0.3) is 10.9 Å². The Bertz CT molecular complexity index is 803. The Morgan fingerprint density at radius 3 is 2.62 bits per heavy atom. The zero-order chi connectivity index (χ0) is 16.8. The molecule has 1 heterocycles. The molecule has 3 saturated carbocycles. The second-order valence-corrected chi connectivity index (χ2v) is 7.97. The van der Waals surface area contributed by atoms with Gasteiger partial charge < -0.3 is 10.4 Å². The SMILES string of the molecule is O=C(O)C1C2CCC(CC2)C1Nc1nc(Cl)nc2cc(Br)ccc12. The number of benzene rings is 1. The van der Waals surface area contributed by atoms with E-state index in [-0.39, 0.29) is 23.2 Å². The predicted octanol–water partition coefficient (Wildman–Crippen LogP) is 4.35. The molecule has 7 heteroatoms. The van der Waals surface area contributed by atoms with Gasteiger partial charge in [-0.05, 0) is 67.3 Å². The fourth-order valence-electron chi connectivity index (χ4n) is 4.35. The molecule has 126 valence electrons. The van der Waals surface area contributed by atoms with Crippen molar-refractivity contribution in [1.82, 2.24) is 9.97 Å². The van der Waals surface area contributed by atoms with Crippen molar-refractivity contribution in [1.29, 1.82) is 0 Å². The molecule has 2 aromatic rings. The van der Waals surface area contributed by atoms with Crippen molar-refractivity contribution in [3.8, 4) is 0 Å². The monoisotopic (exact) mass is 409 g/mol. The fraction of sp³-hybridized carbons (Fsp3) is 0.471. The van der Waals surface area contributed by atoms with Crippen LogP contribution in [0.15, 0.2) is 22.7 Å². The van der Waals surface area contributed by atoms with E-state index in [9.17, 15) is 9.90 Å². The Labute approximate surface area is 153 Å². The average molecular weight is 411 g/mol. The number of carboxylic acids is 1. The van der Waals surface area contributed by atoms with E-state index < -0.39 is 5.97 Å². The summed E-state index contributed by atoms with van der Waals surface area (Å²) in [6.45, 7) is 0. The molecule has 1 aromatic carbocycles. The molecule has 3 aliphatic rings. The van der Waals surface area contributed by atoms with Gasteiger partial charge in [0.15, 0.2) is 0 Å². The lowest BCUT2D eigenvalue weighted by Crippen LogP contribution is -2.51. The topological polar surface area (TPSA) is 75.1 Å². The molecule has 0 radical (unpaired) electrons. The van der Waals surface area contributed by atoms with Crippen molar-refractivity contribution in [3.63, 3.8) is 0 Å². The maximum Gasteiger partial charge on any atom is 0.308 e. The number of hydrogen-bond acceptors (Lipinski definition) is 4. The average Bonchev–Trinajstić information content (AvgIpc) is 2.54. The number of hydrogen-bond donors (Lipinski definition) is 2. The zero-order valence-electron chi connectivity index (χ0n) is 12.9. The highest BCUT2D eigenvalue weighted by molar-refractivity contribution is 9.10. The lowest BCUT2D eigenvalue weighted by atomic mass is 9.61. The highest BCUT2D eigenvalue weighted by atomic mass is 79.9. The third kappa shape index (κ3) is 2.75. The number of fused-ring (bicyclic) bond motifs is 4. The molecule has 2 atom stereocenters. The standard InChI is InChI=1S/C17H17BrClN3O2/c18-10-5-6-11-12(7-10)20-17(19)22-15(11)21-14-9-3-1-8(2-4-9)13(14)16(23)24/h5-9,13-14H,1-4H2,(H,23,24)(H,20,21,22). The van der Waals surface area contributed by atoms with Crippen LogP contribution < -0.4 is 5.32 Å². The predicted molar refractivity (Wildman–Crippen MR) is 96.2 cm³/mol. The van der Waals surface area contributed by atoms with Crippen molar-refractivity contribution in [2.24, 2.45) is 17.8 Å². The van der Waals surface area contributed by atoms with Gasteiger partial charge in [0.1, 0.15) is 5.82 Å². The van der Waals surface area contributed by atoms with Crippen LogP contribution in [0.1, 0.15) is 25.7 Å². The fourth-order valence-corrected chi connectivity index (χ4v) is 4.88. The number of halogens is 2. The van der Waals surface area contributed by atoms with Gasteiger partial charge in [-0.25, -0.2) is 9.97 Å². The third-order valence-corrected chi connectivity index (χ3v) is 6.10. The van der Waals surface area contributed by atoms with Gasteiger partial charge >= 0.3 is 5.97 Å². The molecule has 2 unspecified atom stereocenters. The first kappa shape index (κ1) is 16.1. The molecular formula is C17H17BrClN3O2. The molecule has 0 saturated heterocycles. The number of nitrogens with one attached hydrogen (secondary N) is 1. The molecule has 3 fully saturated rings. The number of carbonyl (C=O) groups is 1. The summed E-state index contributed by atoms with van der Waals surface area (Å²) in [7, 11) is 0. The first-order chi connectivity index (χ1) is 11.5. The second kappa shape index (κ2) is 6.15. The molecule has 0 spiro atoms. The van der Waals surface area contributed by atoms with Crippen LogP contribution in [0.5, 0.6) is 0 Å². The van der Waals surface area contributed by atoms with Crippen LogP contribution in [-0.4, -0.2) is 27.1 Å². The lowest BCUT2D eigenvalue weighted by Gasteiger charge is -2.47. The quantitative estimate of drug-likeness (QED) is 0.736. The summed E-state index contributed by atoms with van der Waals surface area (Å²) in [6, 6.07) is 5.63. The van der Waals surface area contributed by atoms with Crippen molar-refractivity contribution < 1.29 is 9.90 Å². The molecular weight excluding hydrogens is 394 g/mol. The second-order valence-electron chi connectivity index (χ2n) is 6.71. The number of rotatable bonds is 3. The normalized spacial score (nSPS) is 28.9. The molecule has 0 aliphatic heterocycles. The summed E-state index contributed by atoms with van der Waals surface area (Å²) in [5.41, 5.74) is 0.736. The van der Waals surface area contributed by atoms with Gasteiger partial charge in [-0.1, -0.05) is 15.9 Å². The van der Waals surface area contributed by atoms with E-state index in [1.807, 2.05) is 18.2 Å². The highest BCUT2D eigenvalue weighted by Crippen LogP contribution is 2.46. The molecule has 24 heavy (non-hydrogen) atoms. The highest BCUT2D eigenvalue weighted by Gasteiger charge is 2.47. The molecule has 3 aliphatic carbocycles. The summed E-state index contributed by atoms with van der Waals surface area (Å²) in [5.74, 6) is 0.171. The van der Waals surface area contributed by atoms with Crippen molar-refractivity contribution >= 4 is 50.2 Å².